The molecular formula is C23H21N3O4. The summed E-state index contributed by atoms with van der Waals surface area (Å²) >= 11 is 0. The Labute approximate surface area is 173 Å². The standard InChI is InChI=1S/C23H21N3O4/c27-22(10-2-15-1-9-20-17(13-15)11-12-28-20)24-18-5-7-19(8-6-18)29-14-21-25-23(30-26-21)16-3-4-16/h1-2,5-10,13,16H,3-4,11-12,14H2,(H,24,27). The number of fused-ring (bicyclic) bond motifs is 1. The van der Waals surface area contributed by atoms with Crippen molar-refractivity contribution in [3.63, 3.8) is 0 Å². The molecule has 0 unspecified atom stereocenters. The molecule has 1 N–H and O–H groups in total. The highest BCUT2D eigenvalue weighted by atomic mass is 16.5. The predicted molar refractivity (Wildman–Crippen MR) is 110 cm³/mol. The Morgan fingerprint density at radius 1 is 1.20 bits per heavy atom. The number of hydrogen-bond donors (Lipinski definition) is 1. The number of benzene rings is 2. The molecule has 5 rings (SSSR count). The van der Waals surface area contributed by atoms with Gasteiger partial charge in [-0.05, 0) is 66.4 Å². The Kier molecular flexibility index (Phi) is 4.93. The van der Waals surface area contributed by atoms with Gasteiger partial charge in [0, 0.05) is 24.1 Å². The van der Waals surface area contributed by atoms with Gasteiger partial charge in [0.05, 0.1) is 6.61 Å². The fourth-order valence-electron chi connectivity index (χ4n) is 3.27. The van der Waals surface area contributed by atoms with E-state index < -0.39 is 0 Å². The fraction of sp³-hybridized carbons (Fsp3) is 0.261. The van der Waals surface area contributed by atoms with Crippen molar-refractivity contribution in [3.8, 4) is 11.5 Å². The van der Waals surface area contributed by atoms with E-state index in [1.807, 2.05) is 12.1 Å². The summed E-state index contributed by atoms with van der Waals surface area (Å²) in [6.07, 6.45) is 6.47. The van der Waals surface area contributed by atoms with Crippen molar-refractivity contribution in [1.82, 2.24) is 10.1 Å². The van der Waals surface area contributed by atoms with Crippen LogP contribution in [0.25, 0.3) is 6.08 Å². The van der Waals surface area contributed by atoms with Crippen LogP contribution in [0, 0.1) is 0 Å². The predicted octanol–water partition coefficient (Wildman–Crippen LogP) is 4.11. The molecule has 1 fully saturated rings. The zero-order valence-corrected chi connectivity index (χ0v) is 16.3. The number of rotatable bonds is 7. The zero-order chi connectivity index (χ0) is 20.3. The molecule has 1 aliphatic carbocycles. The Morgan fingerprint density at radius 3 is 2.90 bits per heavy atom. The number of carbonyl (C=O) groups excluding carboxylic acids is 1. The number of nitrogens with one attached hydrogen (secondary N) is 1. The van der Waals surface area contributed by atoms with Crippen LogP contribution in [0.3, 0.4) is 0 Å². The van der Waals surface area contributed by atoms with Crippen LogP contribution in [-0.4, -0.2) is 22.7 Å². The molecule has 152 valence electrons. The van der Waals surface area contributed by atoms with E-state index in [0.29, 0.717) is 29.1 Å². The third-order valence-electron chi connectivity index (χ3n) is 5.04. The second-order valence-electron chi connectivity index (χ2n) is 7.42. The smallest absolute Gasteiger partial charge is 0.248 e. The number of aromatic nitrogens is 2. The molecule has 0 spiro atoms. The average Bonchev–Trinajstić information content (AvgIpc) is 3.32. The quantitative estimate of drug-likeness (QED) is 0.598. The molecular weight excluding hydrogens is 382 g/mol. The number of amides is 1. The number of hydrogen-bond acceptors (Lipinski definition) is 6. The Bertz CT molecular complexity index is 1080. The Balaban J connectivity index is 1.13. The highest BCUT2D eigenvalue weighted by Crippen LogP contribution is 2.38. The summed E-state index contributed by atoms with van der Waals surface area (Å²) in [7, 11) is 0. The first kappa shape index (κ1) is 18.4. The molecule has 1 saturated carbocycles. The van der Waals surface area contributed by atoms with Gasteiger partial charge in [-0.2, -0.15) is 4.98 Å². The van der Waals surface area contributed by atoms with Crippen LogP contribution in [0.5, 0.6) is 11.5 Å². The summed E-state index contributed by atoms with van der Waals surface area (Å²) in [4.78, 5) is 16.5. The van der Waals surface area contributed by atoms with Gasteiger partial charge < -0.3 is 19.3 Å². The van der Waals surface area contributed by atoms with Crippen molar-refractivity contribution in [3.05, 3.63) is 71.4 Å². The van der Waals surface area contributed by atoms with Crippen molar-refractivity contribution in [1.29, 1.82) is 0 Å². The van der Waals surface area contributed by atoms with Crippen molar-refractivity contribution in [2.75, 3.05) is 11.9 Å². The zero-order valence-electron chi connectivity index (χ0n) is 16.3. The van der Waals surface area contributed by atoms with Crippen LogP contribution >= 0.6 is 0 Å². The molecule has 0 radical (unpaired) electrons. The maximum absolute atomic E-state index is 12.2. The fourth-order valence-corrected chi connectivity index (χ4v) is 3.27. The normalized spacial score (nSPS) is 15.1. The van der Waals surface area contributed by atoms with Crippen LogP contribution in [0.1, 0.15) is 41.6 Å². The molecule has 0 saturated heterocycles. The lowest BCUT2D eigenvalue weighted by Gasteiger charge is -2.06. The second kappa shape index (κ2) is 8.02. The van der Waals surface area contributed by atoms with E-state index in [1.54, 1.807) is 30.3 Å². The molecule has 2 heterocycles. The lowest BCUT2D eigenvalue weighted by atomic mass is 10.1. The summed E-state index contributed by atoms with van der Waals surface area (Å²) in [5.41, 5.74) is 2.84. The van der Waals surface area contributed by atoms with Gasteiger partial charge >= 0.3 is 0 Å². The number of nitrogens with zero attached hydrogens (tertiary/aromatic N) is 2. The maximum atomic E-state index is 12.2. The topological polar surface area (TPSA) is 86.5 Å². The molecule has 1 aromatic heterocycles. The van der Waals surface area contributed by atoms with E-state index >= 15 is 0 Å². The largest absolute Gasteiger partial charge is 0.493 e. The summed E-state index contributed by atoms with van der Waals surface area (Å²) in [5.74, 6) is 3.08. The van der Waals surface area contributed by atoms with E-state index in [1.165, 1.54) is 11.6 Å². The van der Waals surface area contributed by atoms with Gasteiger partial charge in [0.2, 0.25) is 17.6 Å². The van der Waals surface area contributed by atoms with Crippen molar-refractivity contribution in [2.24, 2.45) is 0 Å². The summed E-state index contributed by atoms with van der Waals surface area (Å²) in [5, 5.41) is 6.77. The van der Waals surface area contributed by atoms with E-state index in [-0.39, 0.29) is 12.5 Å². The van der Waals surface area contributed by atoms with Crippen LogP contribution in [0.15, 0.2) is 53.1 Å². The third-order valence-corrected chi connectivity index (χ3v) is 5.04. The van der Waals surface area contributed by atoms with Gasteiger partial charge in [0.25, 0.3) is 0 Å². The van der Waals surface area contributed by atoms with Gasteiger partial charge in [-0.1, -0.05) is 11.2 Å². The molecule has 30 heavy (non-hydrogen) atoms. The van der Waals surface area contributed by atoms with Gasteiger partial charge in [-0.15, -0.1) is 0 Å². The number of carbonyl (C=O) groups is 1. The Hall–Kier alpha value is -3.61. The van der Waals surface area contributed by atoms with Gasteiger partial charge in [-0.25, -0.2) is 0 Å². The van der Waals surface area contributed by atoms with Crippen molar-refractivity contribution >= 4 is 17.7 Å². The molecule has 7 heteroatoms. The first-order chi connectivity index (χ1) is 14.7. The minimum Gasteiger partial charge on any atom is -0.493 e. The van der Waals surface area contributed by atoms with Crippen LogP contribution in [0.4, 0.5) is 5.69 Å². The van der Waals surface area contributed by atoms with Gasteiger partial charge in [0.15, 0.2) is 6.61 Å². The molecule has 0 atom stereocenters. The number of ether oxygens (including phenoxy) is 2. The molecule has 2 aliphatic rings. The SMILES string of the molecule is O=C(C=Cc1ccc2c(c1)CCO2)Nc1ccc(OCc2noc(C3CC3)n2)cc1. The summed E-state index contributed by atoms with van der Waals surface area (Å²) in [6, 6.07) is 13.1. The average molecular weight is 403 g/mol. The van der Waals surface area contributed by atoms with Crippen molar-refractivity contribution < 1.29 is 18.8 Å². The first-order valence-electron chi connectivity index (χ1n) is 10.0. The highest BCUT2D eigenvalue weighted by molar-refractivity contribution is 6.01. The third kappa shape index (κ3) is 4.35. The highest BCUT2D eigenvalue weighted by Gasteiger charge is 2.29. The first-order valence-corrected chi connectivity index (χ1v) is 10.0. The minimum absolute atomic E-state index is 0.195. The molecule has 1 aliphatic heterocycles. The van der Waals surface area contributed by atoms with Crippen LogP contribution in [0.2, 0.25) is 0 Å². The lowest BCUT2D eigenvalue weighted by Crippen LogP contribution is -2.07. The van der Waals surface area contributed by atoms with E-state index in [2.05, 4.69) is 21.5 Å². The van der Waals surface area contributed by atoms with E-state index in [9.17, 15) is 4.79 Å². The monoisotopic (exact) mass is 403 g/mol. The van der Waals surface area contributed by atoms with E-state index in [4.69, 9.17) is 14.0 Å². The minimum atomic E-state index is -0.195. The lowest BCUT2D eigenvalue weighted by molar-refractivity contribution is -0.111. The Morgan fingerprint density at radius 2 is 2.07 bits per heavy atom. The molecule has 1 amide bonds. The van der Waals surface area contributed by atoms with E-state index in [0.717, 1.165) is 37.2 Å². The van der Waals surface area contributed by atoms with Crippen LogP contribution < -0.4 is 14.8 Å². The molecule has 0 bridgehead atoms. The van der Waals surface area contributed by atoms with Gasteiger partial charge in [0.1, 0.15) is 11.5 Å². The second-order valence-corrected chi connectivity index (χ2v) is 7.42. The molecule has 3 aromatic rings. The molecule has 2 aromatic carbocycles. The van der Waals surface area contributed by atoms with Gasteiger partial charge in [-0.3, -0.25) is 4.79 Å². The summed E-state index contributed by atoms with van der Waals surface area (Å²) in [6.45, 7) is 0.968. The van der Waals surface area contributed by atoms with Crippen LogP contribution in [-0.2, 0) is 17.8 Å². The van der Waals surface area contributed by atoms with Crippen molar-refractivity contribution in [2.45, 2.75) is 31.8 Å². The molecule has 7 nitrogen and oxygen atoms in total. The maximum Gasteiger partial charge on any atom is 0.248 e. The summed E-state index contributed by atoms with van der Waals surface area (Å²) < 4.78 is 16.4. The number of anilines is 1.